The summed E-state index contributed by atoms with van der Waals surface area (Å²) in [6, 6.07) is 0. The molecule has 0 bridgehead atoms. The van der Waals surface area contributed by atoms with Crippen molar-refractivity contribution in [2.45, 2.75) is 19.5 Å². The Bertz CT molecular complexity index is 400. The molecule has 9 heteroatoms. The van der Waals surface area contributed by atoms with Crippen molar-refractivity contribution >= 4 is 15.9 Å². The first kappa shape index (κ1) is 15.2. The second-order valence-corrected chi connectivity index (χ2v) is 6.23. The van der Waals surface area contributed by atoms with Crippen LogP contribution in [0.4, 0.5) is 13.2 Å². The van der Waals surface area contributed by atoms with Crippen LogP contribution in [0.2, 0.25) is 0 Å². The number of carbonyl (C=O) groups is 1. The molecular formula is C9H15F3N2O3S. The lowest BCUT2D eigenvalue weighted by Crippen LogP contribution is -2.51. The zero-order valence-corrected chi connectivity index (χ0v) is 10.7. The molecule has 0 atom stereocenters. The van der Waals surface area contributed by atoms with Crippen molar-refractivity contribution in [2.75, 3.05) is 31.9 Å². The highest BCUT2D eigenvalue weighted by molar-refractivity contribution is 7.89. The molecule has 1 fully saturated rings. The fraction of sp³-hybridized carbons (Fsp3) is 0.889. The van der Waals surface area contributed by atoms with Gasteiger partial charge < -0.3 is 4.90 Å². The highest BCUT2D eigenvalue weighted by Crippen LogP contribution is 2.21. The molecule has 1 aliphatic heterocycles. The Kier molecular flexibility index (Phi) is 4.60. The predicted molar refractivity (Wildman–Crippen MR) is 58.3 cm³/mol. The van der Waals surface area contributed by atoms with Crippen LogP contribution in [-0.2, 0) is 14.8 Å². The molecule has 1 saturated heterocycles. The lowest BCUT2D eigenvalue weighted by Gasteiger charge is -2.34. The standard InChI is InChI=1S/C9H15F3N2O3S/c1-2-18(16,17)14-5-3-13(4-6-14)8(15)7-9(10,11)12/h2-7H2,1H3. The fourth-order valence-corrected chi connectivity index (χ4v) is 2.77. The maximum atomic E-state index is 12.0. The lowest BCUT2D eigenvalue weighted by atomic mass is 10.3. The van der Waals surface area contributed by atoms with E-state index < -0.39 is 28.5 Å². The summed E-state index contributed by atoms with van der Waals surface area (Å²) in [5, 5.41) is 0. The van der Waals surface area contributed by atoms with Gasteiger partial charge in [-0.05, 0) is 6.92 Å². The number of hydrogen-bond donors (Lipinski definition) is 0. The van der Waals surface area contributed by atoms with E-state index in [2.05, 4.69) is 0 Å². The first-order valence-corrected chi connectivity index (χ1v) is 7.09. The van der Waals surface area contributed by atoms with Gasteiger partial charge in [-0.3, -0.25) is 4.79 Å². The summed E-state index contributed by atoms with van der Waals surface area (Å²) in [6.07, 6.45) is -6.02. The molecule has 0 aromatic rings. The minimum Gasteiger partial charge on any atom is -0.340 e. The van der Waals surface area contributed by atoms with Gasteiger partial charge in [0.25, 0.3) is 0 Å². The summed E-state index contributed by atoms with van der Waals surface area (Å²) in [5.74, 6) is -1.06. The number of carbonyl (C=O) groups excluding carboxylic acids is 1. The van der Waals surface area contributed by atoms with Gasteiger partial charge in [0.15, 0.2) is 0 Å². The van der Waals surface area contributed by atoms with E-state index in [0.717, 1.165) is 4.90 Å². The number of amides is 1. The molecule has 1 aliphatic rings. The van der Waals surface area contributed by atoms with Crippen LogP contribution in [0.15, 0.2) is 0 Å². The van der Waals surface area contributed by atoms with E-state index in [1.54, 1.807) is 0 Å². The van der Waals surface area contributed by atoms with Crippen LogP contribution in [0, 0.1) is 0 Å². The molecule has 18 heavy (non-hydrogen) atoms. The zero-order valence-electron chi connectivity index (χ0n) is 9.90. The van der Waals surface area contributed by atoms with Crippen LogP contribution in [-0.4, -0.2) is 61.6 Å². The average molecular weight is 288 g/mol. The van der Waals surface area contributed by atoms with Crippen molar-refractivity contribution in [3.05, 3.63) is 0 Å². The summed E-state index contributed by atoms with van der Waals surface area (Å²) in [6.45, 7) is 1.62. The van der Waals surface area contributed by atoms with Crippen LogP contribution in [0.25, 0.3) is 0 Å². The van der Waals surface area contributed by atoms with Gasteiger partial charge in [-0.2, -0.15) is 17.5 Å². The third-order valence-electron chi connectivity index (χ3n) is 2.70. The molecule has 0 aliphatic carbocycles. The van der Waals surface area contributed by atoms with Crippen LogP contribution in [0.5, 0.6) is 0 Å². The van der Waals surface area contributed by atoms with Gasteiger partial charge in [0.1, 0.15) is 6.42 Å². The van der Waals surface area contributed by atoms with Gasteiger partial charge in [0.05, 0.1) is 5.75 Å². The number of rotatable bonds is 3. The summed E-state index contributed by atoms with van der Waals surface area (Å²) in [4.78, 5) is 12.3. The molecule has 0 aromatic heterocycles. The number of hydrogen-bond acceptors (Lipinski definition) is 3. The third kappa shape index (κ3) is 4.13. The maximum absolute atomic E-state index is 12.0. The van der Waals surface area contributed by atoms with Crippen molar-refractivity contribution in [3.63, 3.8) is 0 Å². The SMILES string of the molecule is CCS(=O)(=O)N1CCN(C(=O)CC(F)(F)F)CC1. The molecule has 5 nitrogen and oxygen atoms in total. The Hall–Kier alpha value is -0.830. The van der Waals surface area contributed by atoms with Crippen LogP contribution in [0.3, 0.4) is 0 Å². The van der Waals surface area contributed by atoms with Crippen LogP contribution in [0.1, 0.15) is 13.3 Å². The summed E-state index contributed by atoms with van der Waals surface area (Å²) in [5.41, 5.74) is 0. The fourth-order valence-electron chi connectivity index (χ4n) is 1.68. The quantitative estimate of drug-likeness (QED) is 0.757. The van der Waals surface area contributed by atoms with E-state index >= 15 is 0 Å². The highest BCUT2D eigenvalue weighted by atomic mass is 32.2. The molecule has 106 valence electrons. The van der Waals surface area contributed by atoms with Crippen LogP contribution < -0.4 is 0 Å². The smallest absolute Gasteiger partial charge is 0.340 e. The largest absolute Gasteiger partial charge is 0.397 e. The summed E-state index contributed by atoms with van der Waals surface area (Å²) in [7, 11) is -3.33. The topological polar surface area (TPSA) is 57.7 Å². The Balaban J connectivity index is 2.52. The van der Waals surface area contributed by atoms with E-state index in [1.807, 2.05) is 0 Å². The Morgan fingerprint density at radius 1 is 1.17 bits per heavy atom. The van der Waals surface area contributed by atoms with Crippen molar-refractivity contribution < 1.29 is 26.4 Å². The summed E-state index contributed by atoms with van der Waals surface area (Å²) < 4.78 is 60.3. The molecule has 1 amide bonds. The van der Waals surface area contributed by atoms with Gasteiger partial charge >= 0.3 is 6.18 Å². The van der Waals surface area contributed by atoms with E-state index in [0.29, 0.717) is 0 Å². The van der Waals surface area contributed by atoms with E-state index in [1.165, 1.54) is 11.2 Å². The van der Waals surface area contributed by atoms with Gasteiger partial charge in [0, 0.05) is 26.2 Å². The molecule has 0 aromatic carbocycles. The normalized spacial score (nSPS) is 19.0. The number of alkyl halides is 3. The van der Waals surface area contributed by atoms with Gasteiger partial charge in [-0.1, -0.05) is 0 Å². The number of piperazine rings is 1. The molecule has 0 N–H and O–H groups in total. The molecule has 0 unspecified atom stereocenters. The van der Waals surface area contributed by atoms with E-state index in [4.69, 9.17) is 0 Å². The second-order valence-electron chi connectivity index (χ2n) is 3.97. The number of halogens is 3. The average Bonchev–Trinajstić information content (AvgIpc) is 2.27. The van der Waals surface area contributed by atoms with Crippen molar-refractivity contribution in [2.24, 2.45) is 0 Å². The number of sulfonamides is 1. The highest BCUT2D eigenvalue weighted by Gasteiger charge is 2.35. The predicted octanol–water partition coefficient (Wildman–Crippen LogP) is 0.433. The first-order chi connectivity index (χ1) is 8.15. The molecule has 1 heterocycles. The van der Waals surface area contributed by atoms with Crippen molar-refractivity contribution in [3.8, 4) is 0 Å². The third-order valence-corrected chi connectivity index (χ3v) is 4.58. The van der Waals surface area contributed by atoms with Crippen molar-refractivity contribution in [1.29, 1.82) is 0 Å². The monoisotopic (exact) mass is 288 g/mol. The zero-order chi connectivity index (χ0) is 14.0. The Morgan fingerprint density at radius 3 is 2.06 bits per heavy atom. The maximum Gasteiger partial charge on any atom is 0.397 e. The molecule has 0 spiro atoms. The van der Waals surface area contributed by atoms with Gasteiger partial charge in [-0.15, -0.1) is 0 Å². The molecule has 0 saturated carbocycles. The van der Waals surface area contributed by atoms with E-state index in [-0.39, 0.29) is 31.9 Å². The van der Waals surface area contributed by atoms with Gasteiger partial charge in [0.2, 0.25) is 15.9 Å². The minimum atomic E-state index is -4.52. The minimum absolute atomic E-state index is 0.00808. The van der Waals surface area contributed by atoms with Gasteiger partial charge in [-0.25, -0.2) is 8.42 Å². The lowest BCUT2D eigenvalue weighted by molar-refractivity contribution is -0.162. The first-order valence-electron chi connectivity index (χ1n) is 5.48. The van der Waals surface area contributed by atoms with Crippen LogP contribution >= 0.6 is 0 Å². The Labute approximate surface area is 104 Å². The summed E-state index contributed by atoms with van der Waals surface area (Å²) >= 11 is 0. The number of nitrogens with zero attached hydrogens (tertiary/aromatic N) is 2. The molecular weight excluding hydrogens is 273 g/mol. The molecule has 1 rings (SSSR count). The molecule has 0 radical (unpaired) electrons. The second kappa shape index (κ2) is 5.43. The van der Waals surface area contributed by atoms with E-state index in [9.17, 15) is 26.4 Å². The van der Waals surface area contributed by atoms with Crippen molar-refractivity contribution in [1.82, 2.24) is 9.21 Å². The Morgan fingerprint density at radius 2 is 1.67 bits per heavy atom.